The van der Waals surface area contributed by atoms with Gasteiger partial charge in [-0.15, -0.1) is 0 Å². The number of nitrogens with zero attached hydrogens (tertiary/aromatic N) is 5. The fourth-order valence-electron chi connectivity index (χ4n) is 2.72. The van der Waals surface area contributed by atoms with Crippen molar-refractivity contribution in [1.82, 2.24) is 29.5 Å². The Morgan fingerprint density at radius 1 is 1.19 bits per heavy atom. The van der Waals surface area contributed by atoms with Gasteiger partial charge in [0.15, 0.2) is 5.65 Å². The molecule has 136 valence electrons. The van der Waals surface area contributed by atoms with E-state index in [1.165, 1.54) is 27.3 Å². The second-order valence-corrected chi connectivity index (χ2v) is 6.51. The Morgan fingerprint density at radius 2 is 1.88 bits per heavy atom. The maximum absolute atomic E-state index is 12.4. The lowest BCUT2D eigenvalue weighted by Gasteiger charge is -2.11. The molecule has 3 aromatic rings. The fourth-order valence-corrected chi connectivity index (χ4v) is 2.72. The molecule has 0 aliphatic rings. The van der Waals surface area contributed by atoms with Crippen LogP contribution >= 0.6 is 0 Å². The Morgan fingerprint density at radius 3 is 2.58 bits per heavy atom. The van der Waals surface area contributed by atoms with E-state index in [1.54, 1.807) is 7.05 Å². The van der Waals surface area contributed by atoms with Crippen molar-refractivity contribution in [2.75, 3.05) is 14.1 Å². The van der Waals surface area contributed by atoms with Gasteiger partial charge in [-0.1, -0.05) is 24.3 Å². The minimum atomic E-state index is -0.272. The van der Waals surface area contributed by atoms with E-state index in [9.17, 15) is 9.59 Å². The summed E-state index contributed by atoms with van der Waals surface area (Å²) in [4.78, 5) is 30.8. The molecule has 0 saturated heterocycles. The molecule has 0 atom stereocenters. The summed E-state index contributed by atoms with van der Waals surface area (Å²) in [7, 11) is 5.76. The van der Waals surface area contributed by atoms with Gasteiger partial charge in [-0.3, -0.25) is 18.8 Å². The molecule has 0 unspecified atom stereocenters. The summed E-state index contributed by atoms with van der Waals surface area (Å²) in [5.74, 6) is -0.241. The van der Waals surface area contributed by atoms with E-state index in [2.05, 4.69) is 20.3 Å². The third-order valence-electron chi connectivity index (χ3n) is 4.04. The minimum absolute atomic E-state index is 0.0740. The van der Waals surface area contributed by atoms with Crippen LogP contribution in [0.4, 0.5) is 0 Å². The third kappa shape index (κ3) is 3.97. The van der Waals surface area contributed by atoms with E-state index in [4.69, 9.17) is 0 Å². The van der Waals surface area contributed by atoms with Crippen molar-refractivity contribution in [2.45, 2.75) is 19.6 Å². The first-order valence-electron chi connectivity index (χ1n) is 8.30. The summed E-state index contributed by atoms with van der Waals surface area (Å²) in [5.41, 5.74) is 2.46. The number of benzene rings is 1. The van der Waals surface area contributed by atoms with Crippen molar-refractivity contribution in [3.8, 4) is 0 Å². The molecule has 8 nitrogen and oxygen atoms in total. The van der Waals surface area contributed by atoms with Gasteiger partial charge in [0.2, 0.25) is 5.91 Å². The number of carbonyl (C=O) groups excluding carboxylic acids is 1. The van der Waals surface area contributed by atoms with Crippen LogP contribution in [-0.2, 0) is 31.5 Å². The van der Waals surface area contributed by atoms with E-state index in [0.717, 1.165) is 12.1 Å². The first-order chi connectivity index (χ1) is 12.4. The number of hydrogen-bond acceptors (Lipinski definition) is 5. The van der Waals surface area contributed by atoms with Gasteiger partial charge in [0.05, 0.1) is 6.20 Å². The molecule has 0 fully saturated rings. The van der Waals surface area contributed by atoms with Crippen molar-refractivity contribution in [3.05, 3.63) is 58.3 Å². The van der Waals surface area contributed by atoms with Gasteiger partial charge in [0, 0.05) is 20.1 Å². The van der Waals surface area contributed by atoms with Crippen LogP contribution in [0.3, 0.4) is 0 Å². The van der Waals surface area contributed by atoms with Crippen molar-refractivity contribution < 1.29 is 4.79 Å². The molecule has 26 heavy (non-hydrogen) atoms. The van der Waals surface area contributed by atoms with Gasteiger partial charge in [-0.2, -0.15) is 5.10 Å². The molecule has 1 N–H and O–H groups in total. The number of aromatic nitrogens is 4. The highest BCUT2D eigenvalue weighted by Crippen LogP contribution is 2.06. The van der Waals surface area contributed by atoms with Crippen LogP contribution in [0, 0.1) is 0 Å². The van der Waals surface area contributed by atoms with Gasteiger partial charge in [-0.25, -0.2) is 4.98 Å². The highest BCUT2D eigenvalue weighted by atomic mass is 16.2. The quantitative estimate of drug-likeness (QED) is 0.697. The van der Waals surface area contributed by atoms with Gasteiger partial charge in [-0.05, 0) is 25.2 Å². The number of hydrogen-bond donors (Lipinski definition) is 1. The van der Waals surface area contributed by atoms with Gasteiger partial charge in [0.1, 0.15) is 18.3 Å². The van der Waals surface area contributed by atoms with Gasteiger partial charge in [0.25, 0.3) is 5.56 Å². The zero-order valence-electron chi connectivity index (χ0n) is 15.1. The number of nitrogens with one attached hydrogen (secondary N) is 1. The van der Waals surface area contributed by atoms with Crippen molar-refractivity contribution in [1.29, 1.82) is 0 Å². The topological polar surface area (TPSA) is 85.1 Å². The van der Waals surface area contributed by atoms with E-state index >= 15 is 0 Å². The number of amides is 1. The SMILES string of the molecule is CN(C)Cc1ccc(CNC(=O)Cn2cnc3c(cnn3C)c2=O)cc1. The first-order valence-corrected chi connectivity index (χ1v) is 8.30. The second kappa shape index (κ2) is 7.49. The van der Waals surface area contributed by atoms with Crippen LogP contribution in [0.1, 0.15) is 11.1 Å². The molecular formula is C18H22N6O2. The number of aryl methyl sites for hydroxylation is 1. The number of carbonyl (C=O) groups is 1. The lowest BCUT2D eigenvalue weighted by Crippen LogP contribution is -2.32. The van der Waals surface area contributed by atoms with E-state index in [0.29, 0.717) is 17.6 Å². The summed E-state index contributed by atoms with van der Waals surface area (Å²) < 4.78 is 2.82. The molecule has 2 aromatic heterocycles. The number of rotatable bonds is 6. The fraction of sp³-hybridized carbons (Fsp3) is 0.333. The molecule has 0 bridgehead atoms. The Kier molecular flexibility index (Phi) is 5.13. The standard InChI is InChI=1S/C18H22N6O2/c1-22(2)10-14-6-4-13(5-7-14)8-19-16(25)11-24-12-20-17-15(18(24)26)9-21-23(17)3/h4-7,9,12H,8,10-11H2,1-3H3,(H,19,25). The summed E-state index contributed by atoms with van der Waals surface area (Å²) in [6, 6.07) is 8.08. The Hall–Kier alpha value is -3.00. The summed E-state index contributed by atoms with van der Waals surface area (Å²) in [5, 5.41) is 7.25. The summed E-state index contributed by atoms with van der Waals surface area (Å²) >= 11 is 0. The molecule has 0 radical (unpaired) electrons. The van der Waals surface area contributed by atoms with Crippen LogP contribution in [0.2, 0.25) is 0 Å². The van der Waals surface area contributed by atoms with Crippen molar-refractivity contribution in [3.63, 3.8) is 0 Å². The molecule has 8 heteroatoms. The molecule has 1 aromatic carbocycles. The van der Waals surface area contributed by atoms with Crippen molar-refractivity contribution in [2.24, 2.45) is 7.05 Å². The largest absolute Gasteiger partial charge is 0.350 e. The Balaban J connectivity index is 1.61. The lowest BCUT2D eigenvalue weighted by molar-refractivity contribution is -0.121. The third-order valence-corrected chi connectivity index (χ3v) is 4.04. The second-order valence-electron chi connectivity index (χ2n) is 6.51. The van der Waals surface area contributed by atoms with E-state index in [-0.39, 0.29) is 18.0 Å². The summed E-state index contributed by atoms with van der Waals surface area (Å²) in [6.07, 6.45) is 2.84. The van der Waals surface area contributed by atoms with Crippen molar-refractivity contribution >= 4 is 16.9 Å². The first kappa shape index (κ1) is 17.8. The molecule has 0 spiro atoms. The van der Waals surface area contributed by atoms with Crippen LogP contribution < -0.4 is 10.9 Å². The predicted molar refractivity (Wildman–Crippen MR) is 98.4 cm³/mol. The molecule has 3 rings (SSSR count). The predicted octanol–water partition coefficient (Wildman–Crippen LogP) is 0.508. The Bertz CT molecular complexity index is 972. The molecule has 2 heterocycles. The molecule has 0 aliphatic carbocycles. The average Bonchev–Trinajstić information content (AvgIpc) is 2.98. The van der Waals surface area contributed by atoms with Crippen LogP contribution in [0.15, 0.2) is 41.6 Å². The zero-order chi connectivity index (χ0) is 18.7. The Labute approximate surface area is 151 Å². The van der Waals surface area contributed by atoms with E-state index < -0.39 is 0 Å². The van der Waals surface area contributed by atoms with Crippen LogP contribution in [0.5, 0.6) is 0 Å². The molecular weight excluding hydrogens is 332 g/mol. The van der Waals surface area contributed by atoms with Gasteiger partial charge < -0.3 is 10.2 Å². The molecule has 0 aliphatic heterocycles. The highest BCUT2D eigenvalue weighted by Gasteiger charge is 2.10. The normalized spacial score (nSPS) is 11.2. The van der Waals surface area contributed by atoms with Crippen LogP contribution in [-0.4, -0.2) is 44.2 Å². The lowest BCUT2D eigenvalue weighted by atomic mass is 10.1. The minimum Gasteiger partial charge on any atom is -0.350 e. The number of fused-ring (bicyclic) bond motifs is 1. The smallest absolute Gasteiger partial charge is 0.264 e. The van der Waals surface area contributed by atoms with Gasteiger partial charge >= 0.3 is 0 Å². The monoisotopic (exact) mass is 354 g/mol. The highest BCUT2D eigenvalue weighted by molar-refractivity contribution is 5.77. The average molecular weight is 354 g/mol. The maximum atomic E-state index is 12.4. The molecule has 1 amide bonds. The van der Waals surface area contributed by atoms with Crippen LogP contribution in [0.25, 0.3) is 11.0 Å². The zero-order valence-corrected chi connectivity index (χ0v) is 15.1. The van der Waals surface area contributed by atoms with E-state index in [1.807, 2.05) is 38.4 Å². The maximum Gasteiger partial charge on any atom is 0.264 e. The molecule has 0 saturated carbocycles. The summed E-state index contributed by atoms with van der Waals surface area (Å²) in [6.45, 7) is 1.22.